The lowest BCUT2D eigenvalue weighted by Gasteiger charge is -2.39. The van der Waals surface area contributed by atoms with Gasteiger partial charge in [-0.3, -0.25) is 4.79 Å². The van der Waals surface area contributed by atoms with E-state index in [4.69, 9.17) is 16.3 Å². The summed E-state index contributed by atoms with van der Waals surface area (Å²) in [7, 11) is 0. The number of rotatable bonds is 4. The number of hydrogen-bond donors (Lipinski definition) is 1. The first-order valence-electron chi connectivity index (χ1n) is 10.6. The average Bonchev–Trinajstić information content (AvgIpc) is 2.73. The number of carbonyl (C=O) groups is 2. The van der Waals surface area contributed by atoms with Crippen LogP contribution in [-0.2, 0) is 14.3 Å². The second-order valence-corrected chi connectivity index (χ2v) is 8.87. The molecule has 0 aromatic heterocycles. The Morgan fingerprint density at radius 3 is 2.35 bits per heavy atom. The second kappa shape index (κ2) is 8.72. The Bertz CT molecular complexity index is 1050. The van der Waals surface area contributed by atoms with Crippen LogP contribution < -0.4 is 5.32 Å². The Morgan fingerprint density at radius 1 is 1.03 bits per heavy atom. The van der Waals surface area contributed by atoms with Gasteiger partial charge in [0.2, 0.25) is 0 Å². The molecule has 2 aromatic carbocycles. The molecule has 0 radical (unpaired) electrons. The first-order chi connectivity index (χ1) is 14.8. The largest absolute Gasteiger partial charge is 0.460 e. The highest BCUT2D eigenvalue weighted by molar-refractivity contribution is 6.30. The minimum Gasteiger partial charge on any atom is -0.460 e. The normalized spacial score (nSPS) is 23.2. The summed E-state index contributed by atoms with van der Waals surface area (Å²) < 4.78 is 5.55. The van der Waals surface area contributed by atoms with Crippen molar-refractivity contribution in [1.82, 2.24) is 5.32 Å². The molecule has 5 heteroatoms. The summed E-state index contributed by atoms with van der Waals surface area (Å²) >= 11 is 6.11. The maximum absolute atomic E-state index is 13.5. The molecule has 0 bridgehead atoms. The van der Waals surface area contributed by atoms with Gasteiger partial charge in [-0.2, -0.15) is 0 Å². The van der Waals surface area contributed by atoms with Crippen molar-refractivity contribution in [2.75, 3.05) is 0 Å². The van der Waals surface area contributed by atoms with Crippen molar-refractivity contribution < 1.29 is 14.3 Å². The Labute approximate surface area is 187 Å². The lowest BCUT2D eigenvalue weighted by Crippen LogP contribution is -2.42. The molecular formula is C26H26ClNO3. The molecule has 1 N–H and O–H groups in total. The zero-order chi connectivity index (χ0) is 22.1. The summed E-state index contributed by atoms with van der Waals surface area (Å²) in [6, 6.07) is 17.4. The molecule has 3 unspecified atom stereocenters. The number of ether oxygens (including phenoxy) is 1. The number of carbonyl (C=O) groups excluding carboxylic acids is 2. The van der Waals surface area contributed by atoms with Crippen molar-refractivity contribution in [2.45, 2.75) is 45.1 Å². The van der Waals surface area contributed by atoms with Crippen molar-refractivity contribution in [1.29, 1.82) is 0 Å². The molecule has 0 fully saturated rings. The van der Waals surface area contributed by atoms with Crippen LogP contribution >= 0.6 is 11.6 Å². The van der Waals surface area contributed by atoms with Crippen LogP contribution in [0.25, 0.3) is 0 Å². The molecule has 0 saturated carbocycles. The molecule has 31 heavy (non-hydrogen) atoms. The fourth-order valence-electron chi connectivity index (χ4n) is 4.57. The third-order valence-corrected chi connectivity index (χ3v) is 6.14. The molecule has 0 amide bonds. The number of nitrogens with one attached hydrogen (secondary N) is 1. The van der Waals surface area contributed by atoms with Crippen molar-refractivity contribution in [3.63, 3.8) is 0 Å². The maximum atomic E-state index is 13.5. The molecule has 160 valence electrons. The van der Waals surface area contributed by atoms with Gasteiger partial charge >= 0.3 is 5.97 Å². The third-order valence-electron chi connectivity index (χ3n) is 5.88. The fraction of sp³-hybridized carbons (Fsp3) is 0.308. The van der Waals surface area contributed by atoms with Gasteiger partial charge in [-0.25, -0.2) is 4.79 Å². The number of fused-ring (bicyclic) bond motifs is 1. The average molecular weight is 436 g/mol. The zero-order valence-corrected chi connectivity index (χ0v) is 18.6. The minimum absolute atomic E-state index is 0.00952. The number of benzene rings is 2. The number of allylic oxidation sites excluding steroid dienone is 3. The van der Waals surface area contributed by atoms with Gasteiger partial charge in [0.25, 0.3) is 0 Å². The van der Waals surface area contributed by atoms with Crippen LogP contribution in [-0.4, -0.2) is 17.9 Å². The summed E-state index contributed by atoms with van der Waals surface area (Å²) in [6.45, 7) is 5.51. The molecule has 1 aliphatic carbocycles. The smallest absolute Gasteiger partial charge is 0.336 e. The summed E-state index contributed by atoms with van der Waals surface area (Å²) in [5.41, 5.74) is 4.06. The van der Waals surface area contributed by atoms with E-state index >= 15 is 0 Å². The Balaban J connectivity index is 1.82. The van der Waals surface area contributed by atoms with Crippen molar-refractivity contribution in [2.24, 2.45) is 5.92 Å². The number of hydrogen-bond acceptors (Lipinski definition) is 4. The summed E-state index contributed by atoms with van der Waals surface area (Å²) in [5, 5.41) is 3.97. The first kappa shape index (κ1) is 21.4. The van der Waals surface area contributed by atoms with E-state index in [1.54, 1.807) is 12.1 Å². The van der Waals surface area contributed by atoms with E-state index < -0.39 is 17.8 Å². The minimum atomic E-state index is -0.459. The van der Waals surface area contributed by atoms with E-state index in [9.17, 15) is 9.59 Å². The SMILES string of the molecule is CC1=C(C(=O)OC(C)C)C(c2ccc(Cl)cc2)C2C(=O)CC(c3ccccc3)C=C2N1. The lowest BCUT2D eigenvalue weighted by molar-refractivity contribution is -0.143. The van der Waals surface area contributed by atoms with Crippen LogP contribution in [0, 0.1) is 5.92 Å². The highest BCUT2D eigenvalue weighted by atomic mass is 35.5. The van der Waals surface area contributed by atoms with Gasteiger partial charge in [-0.1, -0.05) is 60.1 Å². The molecule has 2 aliphatic rings. The Hall–Kier alpha value is -2.85. The molecule has 0 spiro atoms. The van der Waals surface area contributed by atoms with E-state index in [1.165, 1.54) is 0 Å². The van der Waals surface area contributed by atoms with Gasteiger partial charge in [-0.15, -0.1) is 0 Å². The summed E-state index contributed by atoms with van der Waals surface area (Å²) in [4.78, 5) is 26.5. The van der Waals surface area contributed by atoms with Crippen LogP contribution in [0.2, 0.25) is 5.02 Å². The summed E-state index contributed by atoms with van der Waals surface area (Å²) in [5.74, 6) is -1.15. The molecule has 1 aliphatic heterocycles. The van der Waals surface area contributed by atoms with Gasteiger partial charge in [0.15, 0.2) is 0 Å². The van der Waals surface area contributed by atoms with E-state index in [1.807, 2.05) is 63.2 Å². The zero-order valence-electron chi connectivity index (χ0n) is 17.9. The predicted octanol–water partition coefficient (Wildman–Crippen LogP) is 5.51. The van der Waals surface area contributed by atoms with Crippen LogP contribution in [0.4, 0.5) is 0 Å². The van der Waals surface area contributed by atoms with Crippen molar-refractivity contribution >= 4 is 23.4 Å². The van der Waals surface area contributed by atoms with Crippen molar-refractivity contribution in [3.05, 3.63) is 93.8 Å². The molecular weight excluding hydrogens is 410 g/mol. The van der Waals surface area contributed by atoms with E-state index in [0.717, 1.165) is 22.5 Å². The van der Waals surface area contributed by atoms with Gasteiger partial charge in [-0.05, 0) is 44.0 Å². The predicted molar refractivity (Wildman–Crippen MR) is 122 cm³/mol. The number of halogens is 1. The quantitative estimate of drug-likeness (QED) is 0.643. The highest BCUT2D eigenvalue weighted by Crippen LogP contribution is 2.46. The standard InChI is InChI=1S/C26H26ClNO3/c1-15(2)31-26(30)23-16(3)28-21-13-19(17-7-5-4-6-8-17)14-22(29)25(21)24(23)18-9-11-20(27)12-10-18/h4-13,15,19,24-25,28H,14H2,1-3H3. The molecule has 4 nitrogen and oxygen atoms in total. The van der Waals surface area contributed by atoms with Crippen LogP contribution in [0.15, 0.2) is 77.6 Å². The topological polar surface area (TPSA) is 55.4 Å². The highest BCUT2D eigenvalue weighted by Gasteiger charge is 2.45. The van der Waals surface area contributed by atoms with E-state index in [2.05, 4.69) is 11.4 Å². The van der Waals surface area contributed by atoms with E-state index in [0.29, 0.717) is 17.0 Å². The molecule has 1 heterocycles. The molecule has 2 aromatic rings. The Kier molecular flexibility index (Phi) is 6.01. The number of ketones is 1. The summed E-state index contributed by atoms with van der Waals surface area (Å²) in [6.07, 6.45) is 2.29. The van der Waals surface area contributed by atoms with E-state index in [-0.39, 0.29) is 17.8 Å². The fourth-order valence-corrected chi connectivity index (χ4v) is 4.69. The van der Waals surface area contributed by atoms with Crippen LogP contribution in [0.5, 0.6) is 0 Å². The van der Waals surface area contributed by atoms with Gasteiger partial charge < -0.3 is 10.1 Å². The second-order valence-electron chi connectivity index (χ2n) is 8.43. The van der Waals surface area contributed by atoms with Crippen LogP contribution in [0.1, 0.15) is 50.2 Å². The number of esters is 1. The van der Waals surface area contributed by atoms with Gasteiger partial charge in [0.05, 0.1) is 17.6 Å². The Morgan fingerprint density at radius 2 is 1.71 bits per heavy atom. The van der Waals surface area contributed by atoms with Gasteiger partial charge in [0, 0.05) is 34.7 Å². The first-order valence-corrected chi connectivity index (χ1v) is 11.0. The maximum Gasteiger partial charge on any atom is 0.336 e. The molecule has 3 atom stereocenters. The molecule has 0 saturated heterocycles. The van der Waals surface area contributed by atoms with Crippen LogP contribution in [0.3, 0.4) is 0 Å². The van der Waals surface area contributed by atoms with Gasteiger partial charge in [0.1, 0.15) is 5.78 Å². The monoisotopic (exact) mass is 435 g/mol. The lowest BCUT2D eigenvalue weighted by atomic mass is 9.68. The molecule has 4 rings (SSSR count). The number of Topliss-reactive ketones (excluding diaryl/α,β-unsaturated/α-hetero) is 1. The van der Waals surface area contributed by atoms with Crippen molar-refractivity contribution in [3.8, 4) is 0 Å². The third kappa shape index (κ3) is 4.31.